The Balaban J connectivity index is 2.34. The Hall–Kier alpha value is -1.56. The number of esters is 1. The van der Waals surface area contributed by atoms with E-state index in [4.69, 9.17) is 4.74 Å². The molecule has 2 rings (SSSR count). The predicted molar refractivity (Wildman–Crippen MR) is 88.1 cm³/mol. The normalized spacial score (nSPS) is 19.3. The van der Waals surface area contributed by atoms with Crippen molar-refractivity contribution >= 4 is 5.97 Å². The number of halogens is 3. The van der Waals surface area contributed by atoms with Crippen LogP contribution in [-0.2, 0) is 14.9 Å². The molecule has 1 unspecified atom stereocenters. The molecule has 0 aromatic heterocycles. The van der Waals surface area contributed by atoms with Crippen molar-refractivity contribution in [1.29, 1.82) is 0 Å². The fraction of sp³-hybridized carbons (Fsp3) is 0.632. The number of alkyl halides is 3. The largest absolute Gasteiger partial charge is 0.459 e. The number of rotatable bonds is 3. The van der Waals surface area contributed by atoms with E-state index in [0.29, 0.717) is 18.4 Å². The summed E-state index contributed by atoms with van der Waals surface area (Å²) < 4.78 is 43.6. The van der Waals surface area contributed by atoms with Crippen LogP contribution in [0, 0.1) is 0 Å². The number of aliphatic hydroxyl groups excluding tert-OH is 1. The minimum absolute atomic E-state index is 0.230. The van der Waals surface area contributed by atoms with Crippen LogP contribution in [0.3, 0.4) is 0 Å². The van der Waals surface area contributed by atoms with Gasteiger partial charge in [0, 0.05) is 0 Å². The first-order valence-corrected chi connectivity index (χ1v) is 8.54. The summed E-state index contributed by atoms with van der Waals surface area (Å²) >= 11 is 0. The van der Waals surface area contributed by atoms with Crippen LogP contribution in [0.15, 0.2) is 24.3 Å². The van der Waals surface area contributed by atoms with Crippen molar-refractivity contribution in [3.05, 3.63) is 35.4 Å². The lowest BCUT2D eigenvalue weighted by molar-refractivity contribution is -0.206. The Morgan fingerprint density at radius 3 is 2.04 bits per heavy atom. The minimum Gasteiger partial charge on any atom is -0.459 e. The maximum absolute atomic E-state index is 12.9. The Morgan fingerprint density at radius 1 is 1.08 bits per heavy atom. The maximum Gasteiger partial charge on any atom is 0.418 e. The van der Waals surface area contributed by atoms with Crippen LogP contribution in [0.4, 0.5) is 13.2 Å². The van der Waals surface area contributed by atoms with Gasteiger partial charge in [-0.05, 0) is 44.7 Å². The van der Waals surface area contributed by atoms with Crippen LogP contribution in [0.2, 0.25) is 0 Å². The van der Waals surface area contributed by atoms with Gasteiger partial charge in [0.15, 0.2) is 6.10 Å². The first-order chi connectivity index (χ1) is 11.5. The Morgan fingerprint density at radius 2 is 1.60 bits per heavy atom. The molecule has 1 atom stereocenters. The van der Waals surface area contributed by atoms with Crippen molar-refractivity contribution in [2.45, 2.75) is 76.2 Å². The van der Waals surface area contributed by atoms with Crippen LogP contribution in [0.25, 0.3) is 0 Å². The van der Waals surface area contributed by atoms with Gasteiger partial charge >= 0.3 is 12.1 Å². The molecule has 0 spiro atoms. The average Bonchev–Trinajstić information content (AvgIpc) is 2.52. The fourth-order valence-electron chi connectivity index (χ4n) is 3.32. The van der Waals surface area contributed by atoms with Crippen LogP contribution in [0.1, 0.15) is 70.1 Å². The second-order valence-corrected chi connectivity index (χ2v) is 7.71. The second kappa shape index (κ2) is 6.98. The zero-order valence-electron chi connectivity index (χ0n) is 14.8. The zero-order chi connectivity index (χ0) is 18.9. The molecular formula is C19H25F3O3. The number of ether oxygens (including phenoxy) is 1. The summed E-state index contributed by atoms with van der Waals surface area (Å²) in [7, 11) is 0. The predicted octanol–water partition coefficient (Wildman–Crippen LogP) is 4.83. The molecule has 1 aromatic carbocycles. The summed E-state index contributed by atoms with van der Waals surface area (Å²) in [5.74, 6) is -0.330. The van der Waals surface area contributed by atoms with Gasteiger partial charge in [-0.25, -0.2) is 0 Å². The Bertz CT molecular complexity index is 594. The quantitative estimate of drug-likeness (QED) is 0.788. The molecule has 0 bridgehead atoms. The van der Waals surface area contributed by atoms with Gasteiger partial charge in [-0.2, -0.15) is 13.2 Å². The van der Waals surface area contributed by atoms with Gasteiger partial charge in [0.25, 0.3) is 0 Å². The van der Waals surface area contributed by atoms with Gasteiger partial charge < -0.3 is 9.84 Å². The van der Waals surface area contributed by atoms with Crippen LogP contribution >= 0.6 is 0 Å². The van der Waals surface area contributed by atoms with E-state index < -0.39 is 23.3 Å². The van der Waals surface area contributed by atoms with Crippen molar-refractivity contribution in [2.75, 3.05) is 0 Å². The van der Waals surface area contributed by atoms with Crippen LogP contribution in [0.5, 0.6) is 0 Å². The molecule has 0 amide bonds. The molecule has 1 saturated carbocycles. The van der Waals surface area contributed by atoms with E-state index in [2.05, 4.69) is 0 Å². The first kappa shape index (κ1) is 19.8. The van der Waals surface area contributed by atoms with Gasteiger partial charge in [-0.1, -0.05) is 43.5 Å². The Labute approximate surface area is 146 Å². The van der Waals surface area contributed by atoms with Gasteiger partial charge in [-0.3, -0.25) is 4.79 Å². The number of carbonyl (C=O) groups is 1. The average molecular weight is 358 g/mol. The highest BCUT2D eigenvalue weighted by Gasteiger charge is 2.44. The molecule has 0 aliphatic heterocycles. The molecule has 6 heteroatoms. The third-order valence-corrected chi connectivity index (χ3v) is 4.59. The monoisotopic (exact) mass is 358 g/mol. The lowest BCUT2D eigenvalue weighted by atomic mass is 9.69. The molecule has 1 aromatic rings. The maximum atomic E-state index is 12.9. The summed E-state index contributed by atoms with van der Waals surface area (Å²) in [6.07, 6.45) is -3.25. The van der Waals surface area contributed by atoms with E-state index >= 15 is 0 Å². The van der Waals surface area contributed by atoms with Crippen LogP contribution in [-0.4, -0.2) is 22.9 Å². The highest BCUT2D eigenvalue weighted by molar-refractivity contribution is 5.83. The molecular weight excluding hydrogens is 333 g/mol. The number of hydrogen-bond donors (Lipinski definition) is 1. The standard InChI is InChI=1S/C19H25F3O3/c1-17(2,3)25-16(24)18(11-5-4-6-12-18)14-9-7-13(8-10-14)15(23)19(20,21)22/h7-10,15,23H,4-6,11-12H2,1-3H3. The second-order valence-electron chi connectivity index (χ2n) is 7.71. The van der Waals surface area contributed by atoms with Gasteiger partial charge in [0.05, 0.1) is 5.41 Å². The number of benzene rings is 1. The number of hydrogen-bond acceptors (Lipinski definition) is 3. The lowest BCUT2D eigenvalue weighted by Crippen LogP contribution is -2.42. The van der Waals surface area contributed by atoms with Crippen molar-refractivity contribution in [2.24, 2.45) is 0 Å². The third-order valence-electron chi connectivity index (χ3n) is 4.59. The highest BCUT2D eigenvalue weighted by atomic mass is 19.4. The molecule has 25 heavy (non-hydrogen) atoms. The van der Waals surface area contributed by atoms with E-state index in [1.165, 1.54) is 24.3 Å². The summed E-state index contributed by atoms with van der Waals surface area (Å²) in [6.45, 7) is 5.39. The van der Waals surface area contributed by atoms with Gasteiger partial charge in [0.2, 0.25) is 0 Å². The van der Waals surface area contributed by atoms with E-state index in [1.807, 2.05) is 0 Å². The van der Waals surface area contributed by atoms with E-state index in [0.717, 1.165) is 19.3 Å². The molecule has 0 heterocycles. The molecule has 1 fully saturated rings. The van der Waals surface area contributed by atoms with E-state index in [-0.39, 0.29) is 11.5 Å². The first-order valence-electron chi connectivity index (χ1n) is 8.54. The topological polar surface area (TPSA) is 46.5 Å². The molecule has 1 N–H and O–H groups in total. The molecule has 1 aliphatic rings. The van der Waals surface area contributed by atoms with Gasteiger partial charge in [0.1, 0.15) is 5.60 Å². The molecule has 140 valence electrons. The summed E-state index contributed by atoms with van der Waals surface area (Å²) in [5.41, 5.74) is -1.03. The minimum atomic E-state index is -4.71. The third kappa shape index (κ3) is 4.54. The molecule has 3 nitrogen and oxygen atoms in total. The van der Waals surface area contributed by atoms with Crippen molar-refractivity contribution in [3.63, 3.8) is 0 Å². The lowest BCUT2D eigenvalue weighted by Gasteiger charge is -2.37. The summed E-state index contributed by atoms with van der Waals surface area (Å²) in [5, 5.41) is 9.37. The smallest absolute Gasteiger partial charge is 0.418 e. The Kier molecular flexibility index (Phi) is 5.52. The molecule has 0 saturated heterocycles. The molecule has 1 aliphatic carbocycles. The SMILES string of the molecule is CC(C)(C)OC(=O)C1(c2ccc(C(O)C(F)(F)F)cc2)CCCCC1. The summed E-state index contributed by atoms with van der Waals surface area (Å²) in [6, 6.07) is 5.52. The van der Waals surface area contributed by atoms with Crippen LogP contribution < -0.4 is 0 Å². The fourth-order valence-corrected chi connectivity index (χ4v) is 3.32. The molecule has 0 radical (unpaired) electrons. The summed E-state index contributed by atoms with van der Waals surface area (Å²) in [4.78, 5) is 12.9. The van der Waals surface area contributed by atoms with E-state index in [1.54, 1.807) is 20.8 Å². The van der Waals surface area contributed by atoms with Crippen molar-refractivity contribution in [1.82, 2.24) is 0 Å². The number of carbonyl (C=O) groups excluding carboxylic acids is 1. The van der Waals surface area contributed by atoms with E-state index in [9.17, 15) is 23.1 Å². The highest BCUT2D eigenvalue weighted by Crippen LogP contribution is 2.42. The zero-order valence-corrected chi connectivity index (χ0v) is 14.8. The van der Waals surface area contributed by atoms with Crippen molar-refractivity contribution < 1.29 is 27.8 Å². The number of aliphatic hydroxyl groups is 1. The van der Waals surface area contributed by atoms with Crippen molar-refractivity contribution in [3.8, 4) is 0 Å². The van der Waals surface area contributed by atoms with Gasteiger partial charge in [-0.15, -0.1) is 0 Å².